The van der Waals surface area contributed by atoms with Crippen molar-refractivity contribution in [2.24, 2.45) is 0 Å². The Morgan fingerprint density at radius 1 is 1.16 bits per heavy atom. The lowest BCUT2D eigenvalue weighted by atomic mass is 10.00. The van der Waals surface area contributed by atoms with Crippen LogP contribution in [0.25, 0.3) is 16.8 Å². The average Bonchev–Trinajstić information content (AvgIpc) is 3.23. The van der Waals surface area contributed by atoms with Crippen molar-refractivity contribution in [1.29, 1.82) is 0 Å². The summed E-state index contributed by atoms with van der Waals surface area (Å²) in [4.78, 5) is 8.86. The molecule has 1 aliphatic rings. The van der Waals surface area contributed by atoms with Gasteiger partial charge in [0, 0.05) is 34.5 Å². The first-order valence-electron chi connectivity index (χ1n) is 8.56. The van der Waals surface area contributed by atoms with E-state index < -0.39 is 6.43 Å². The van der Waals surface area contributed by atoms with Crippen LogP contribution in [-0.4, -0.2) is 14.4 Å². The summed E-state index contributed by atoms with van der Waals surface area (Å²) in [7, 11) is 0. The Morgan fingerprint density at radius 2 is 1.92 bits per heavy atom. The van der Waals surface area contributed by atoms with E-state index in [1.165, 1.54) is 6.07 Å². The highest BCUT2D eigenvalue weighted by Gasteiger charge is 2.22. The topological polar surface area (TPSA) is 56.2 Å². The highest BCUT2D eigenvalue weighted by Crippen LogP contribution is 2.37. The van der Waals surface area contributed by atoms with Crippen molar-refractivity contribution >= 4 is 11.3 Å². The predicted molar refractivity (Wildman–Crippen MR) is 93.7 cm³/mol. The fourth-order valence-corrected chi connectivity index (χ4v) is 3.75. The smallest absolute Gasteiger partial charge is 0.263 e. The number of anilines is 1. The molecule has 0 amide bonds. The lowest BCUT2D eigenvalue weighted by molar-refractivity contribution is 0.151. The second-order valence-corrected chi connectivity index (χ2v) is 6.76. The summed E-state index contributed by atoms with van der Waals surface area (Å²) in [5.74, 6) is 0.673. The maximum absolute atomic E-state index is 13.4. The van der Waals surface area contributed by atoms with E-state index in [1.54, 1.807) is 18.5 Å². The van der Waals surface area contributed by atoms with Crippen LogP contribution in [0.2, 0.25) is 0 Å². The summed E-state index contributed by atoms with van der Waals surface area (Å²) in [5, 5.41) is 0. The van der Waals surface area contributed by atoms with E-state index in [0.717, 1.165) is 48.2 Å². The third kappa shape index (κ3) is 2.86. The molecule has 0 saturated heterocycles. The van der Waals surface area contributed by atoms with Gasteiger partial charge in [-0.25, -0.2) is 13.8 Å². The van der Waals surface area contributed by atoms with Gasteiger partial charge in [-0.1, -0.05) is 12.8 Å². The molecule has 0 aromatic carbocycles. The predicted octanol–water partition coefficient (Wildman–Crippen LogP) is 4.88. The number of hydrogen-bond acceptors (Lipinski definition) is 3. The fourth-order valence-electron chi connectivity index (χ4n) is 3.75. The van der Waals surface area contributed by atoms with Crippen LogP contribution in [0.3, 0.4) is 0 Å². The molecule has 130 valence electrons. The van der Waals surface area contributed by atoms with Gasteiger partial charge < -0.3 is 10.1 Å². The van der Waals surface area contributed by atoms with Crippen LogP contribution in [0.15, 0.2) is 30.6 Å². The van der Waals surface area contributed by atoms with Gasteiger partial charge in [0.05, 0.1) is 11.2 Å². The number of aromatic nitrogens is 3. The first-order chi connectivity index (χ1) is 12.0. The number of pyridine rings is 1. The molecule has 0 aliphatic heterocycles. The van der Waals surface area contributed by atoms with Gasteiger partial charge in [-0.15, -0.1) is 0 Å². The maximum atomic E-state index is 13.4. The zero-order valence-corrected chi connectivity index (χ0v) is 14.0. The first kappa shape index (κ1) is 16.0. The van der Waals surface area contributed by atoms with Crippen molar-refractivity contribution in [3.63, 3.8) is 0 Å². The second kappa shape index (κ2) is 6.10. The van der Waals surface area contributed by atoms with Gasteiger partial charge in [-0.3, -0.25) is 4.98 Å². The number of rotatable bonds is 3. The highest BCUT2D eigenvalue weighted by atomic mass is 19.3. The molecule has 0 spiro atoms. The molecule has 1 fully saturated rings. The minimum absolute atomic E-state index is 0.0333. The standard InChI is InChI=1S/C19H20F2N4/c1-11-6-14(17-9-18(22)23-10-25(11)17)16-8-13(19(20)21)7-15(24-16)12-4-2-3-5-12/h6-10,12,19H,2-5,22H2,1H3. The van der Waals surface area contributed by atoms with E-state index in [0.29, 0.717) is 11.5 Å². The molecule has 2 N–H and O–H groups in total. The van der Waals surface area contributed by atoms with E-state index in [2.05, 4.69) is 4.98 Å². The Bertz CT molecular complexity index is 927. The lowest BCUT2D eigenvalue weighted by Gasteiger charge is -2.13. The van der Waals surface area contributed by atoms with Gasteiger partial charge in [-0.05, 0) is 38.0 Å². The Kier molecular flexibility index (Phi) is 3.90. The quantitative estimate of drug-likeness (QED) is 0.738. The molecule has 4 rings (SSSR count). The van der Waals surface area contributed by atoms with E-state index in [4.69, 9.17) is 10.7 Å². The second-order valence-electron chi connectivity index (χ2n) is 6.76. The zero-order chi connectivity index (χ0) is 17.6. The molecule has 0 atom stereocenters. The molecule has 0 radical (unpaired) electrons. The minimum atomic E-state index is -2.51. The molecule has 0 bridgehead atoms. The summed E-state index contributed by atoms with van der Waals surface area (Å²) in [6.07, 6.45) is 3.45. The molecule has 4 nitrogen and oxygen atoms in total. The lowest BCUT2D eigenvalue weighted by Crippen LogP contribution is -2.01. The molecular weight excluding hydrogens is 322 g/mol. The van der Waals surface area contributed by atoms with Crippen LogP contribution in [0.1, 0.15) is 55.0 Å². The Balaban J connectivity index is 1.91. The van der Waals surface area contributed by atoms with Crippen molar-refractivity contribution in [3.8, 4) is 11.3 Å². The average molecular weight is 342 g/mol. The number of nitrogens with two attached hydrogens (primary N) is 1. The highest BCUT2D eigenvalue weighted by molar-refractivity contribution is 5.81. The third-order valence-electron chi connectivity index (χ3n) is 5.04. The molecule has 25 heavy (non-hydrogen) atoms. The van der Waals surface area contributed by atoms with E-state index in [1.807, 2.05) is 17.4 Å². The van der Waals surface area contributed by atoms with Crippen molar-refractivity contribution < 1.29 is 8.78 Å². The number of aryl methyl sites for hydroxylation is 1. The number of nitrogen functional groups attached to an aromatic ring is 1. The normalized spacial score (nSPS) is 15.5. The molecule has 0 unspecified atom stereocenters. The Labute approximate surface area is 144 Å². The summed E-state index contributed by atoms with van der Waals surface area (Å²) in [5.41, 5.74) is 9.83. The monoisotopic (exact) mass is 342 g/mol. The molecule has 6 heteroatoms. The summed E-state index contributed by atoms with van der Waals surface area (Å²) >= 11 is 0. The van der Waals surface area contributed by atoms with Gasteiger partial charge >= 0.3 is 0 Å². The number of alkyl halides is 2. The minimum Gasteiger partial charge on any atom is -0.384 e. The van der Waals surface area contributed by atoms with Gasteiger partial charge in [0.25, 0.3) is 6.43 Å². The van der Waals surface area contributed by atoms with Crippen LogP contribution < -0.4 is 5.73 Å². The van der Waals surface area contributed by atoms with Crippen molar-refractivity contribution in [2.45, 2.75) is 45.0 Å². The molecule has 3 aromatic rings. The largest absolute Gasteiger partial charge is 0.384 e. The van der Waals surface area contributed by atoms with Gasteiger partial charge in [0.1, 0.15) is 12.1 Å². The van der Waals surface area contributed by atoms with Crippen LogP contribution >= 0.6 is 0 Å². The molecule has 1 saturated carbocycles. The first-order valence-corrected chi connectivity index (χ1v) is 8.56. The summed E-state index contributed by atoms with van der Waals surface area (Å²) in [6.45, 7) is 1.95. The maximum Gasteiger partial charge on any atom is 0.263 e. The van der Waals surface area contributed by atoms with Gasteiger partial charge in [-0.2, -0.15) is 0 Å². The third-order valence-corrected chi connectivity index (χ3v) is 5.04. The number of nitrogens with zero attached hydrogens (tertiary/aromatic N) is 3. The van der Waals surface area contributed by atoms with Crippen LogP contribution in [-0.2, 0) is 0 Å². The molecule has 1 aliphatic carbocycles. The van der Waals surface area contributed by atoms with Crippen LogP contribution in [0.5, 0.6) is 0 Å². The molecule has 3 heterocycles. The van der Waals surface area contributed by atoms with Crippen molar-refractivity contribution in [2.75, 3.05) is 5.73 Å². The fraction of sp³-hybridized carbons (Fsp3) is 0.368. The Hall–Kier alpha value is -2.50. The number of fused-ring (bicyclic) bond motifs is 1. The van der Waals surface area contributed by atoms with Crippen molar-refractivity contribution in [1.82, 2.24) is 14.4 Å². The van der Waals surface area contributed by atoms with E-state index >= 15 is 0 Å². The summed E-state index contributed by atoms with van der Waals surface area (Å²) < 4.78 is 28.8. The van der Waals surface area contributed by atoms with Crippen LogP contribution in [0, 0.1) is 6.92 Å². The van der Waals surface area contributed by atoms with Gasteiger partial charge in [0.15, 0.2) is 0 Å². The SMILES string of the molecule is Cc1cc(-c2cc(C(F)F)cc(C3CCCC3)n2)c2cc(N)ncn12. The van der Waals surface area contributed by atoms with E-state index in [9.17, 15) is 8.78 Å². The van der Waals surface area contributed by atoms with E-state index in [-0.39, 0.29) is 11.5 Å². The molecular formula is C19H20F2N4. The zero-order valence-electron chi connectivity index (χ0n) is 14.0. The molecule has 3 aromatic heterocycles. The number of halogens is 2. The summed E-state index contributed by atoms with van der Waals surface area (Å²) in [6, 6.07) is 6.78. The number of hydrogen-bond donors (Lipinski definition) is 1. The van der Waals surface area contributed by atoms with Crippen molar-refractivity contribution in [3.05, 3.63) is 47.5 Å². The van der Waals surface area contributed by atoms with Gasteiger partial charge in [0.2, 0.25) is 0 Å². The Morgan fingerprint density at radius 3 is 2.64 bits per heavy atom. The van der Waals surface area contributed by atoms with Crippen LogP contribution in [0.4, 0.5) is 14.6 Å².